The summed E-state index contributed by atoms with van der Waals surface area (Å²) in [6.07, 6.45) is 0. The van der Waals surface area contributed by atoms with E-state index in [9.17, 15) is 13.7 Å². The molecule has 0 radical (unpaired) electrons. The highest BCUT2D eigenvalue weighted by atomic mass is 15.1. The molecule has 1 heteroatoms. The van der Waals surface area contributed by atoms with Crippen LogP contribution in [0.5, 0.6) is 0 Å². The highest BCUT2D eigenvalue weighted by Crippen LogP contribution is 2.52. The lowest BCUT2D eigenvalue weighted by Crippen LogP contribution is -2.16. The molecule has 0 saturated heterocycles. The summed E-state index contributed by atoms with van der Waals surface area (Å²) in [7, 11) is 0. The third-order valence-electron chi connectivity index (χ3n) is 11.4. The first-order valence-electron chi connectivity index (χ1n) is 30.5. The van der Waals surface area contributed by atoms with Crippen molar-refractivity contribution >= 4 is 27.8 Å². The van der Waals surface area contributed by atoms with Gasteiger partial charge >= 0.3 is 0 Å². The number of rotatable bonds is 6. The van der Waals surface area contributed by atoms with E-state index >= 15 is 0 Å². The Labute approximate surface area is 380 Å². The zero-order valence-electron chi connectivity index (χ0n) is 54.7. The molecular weight excluding hydrogens is 711 g/mol. The van der Waals surface area contributed by atoms with Gasteiger partial charge in [0.25, 0.3) is 0 Å². The van der Waals surface area contributed by atoms with Gasteiger partial charge < -0.3 is 4.90 Å². The van der Waals surface area contributed by atoms with Gasteiger partial charge in [-0.1, -0.05) is 185 Å². The van der Waals surface area contributed by atoms with Gasteiger partial charge in [-0.2, -0.15) is 0 Å². The van der Waals surface area contributed by atoms with Crippen molar-refractivity contribution in [1.29, 1.82) is 0 Å². The van der Waals surface area contributed by atoms with Crippen LogP contribution < -0.4 is 4.90 Å². The number of nitrogens with zero attached hydrogens (tertiary/aromatic N) is 1. The molecule has 11 rings (SSSR count). The van der Waals surface area contributed by atoms with E-state index in [1.807, 2.05) is 78.9 Å². The van der Waals surface area contributed by atoms with Gasteiger partial charge in [-0.25, -0.2) is 0 Å². The summed E-state index contributed by atoms with van der Waals surface area (Å²) in [6.45, 7) is -3.59. The summed E-state index contributed by atoms with van der Waals surface area (Å²) in [5, 5.41) is -1.46. The second-order valence-corrected chi connectivity index (χ2v) is 15.1. The molecule has 0 unspecified atom stereocenters. The first-order valence-corrected chi connectivity index (χ1v) is 19.0. The van der Waals surface area contributed by atoms with E-state index in [1.165, 1.54) is 4.90 Å². The number of hydrogen-bond acceptors (Lipinski definition) is 1. The van der Waals surface area contributed by atoms with E-state index in [2.05, 4.69) is 13.8 Å². The smallest absolute Gasteiger partial charge is 0.0645 e. The monoisotopic (exact) mass is 778 g/mol. The van der Waals surface area contributed by atoms with E-state index < -0.39 is 183 Å². The average Bonchev–Trinajstić information content (AvgIpc) is 1.88. The van der Waals surface area contributed by atoms with Crippen molar-refractivity contribution in [2.75, 3.05) is 4.90 Å². The molecule has 282 valence electrons. The lowest BCUT2D eigenvalue weighted by Gasteiger charge is -2.28. The maximum Gasteiger partial charge on any atom is 0.0645 e. The average molecular weight is 779 g/mol. The van der Waals surface area contributed by atoms with Crippen LogP contribution in [0.1, 0.15) is 81.3 Å². The van der Waals surface area contributed by atoms with Crippen LogP contribution in [0.15, 0.2) is 200 Å². The zero-order valence-corrected chi connectivity index (χ0v) is 31.7. The minimum Gasteiger partial charge on any atom is -0.310 e. The lowest BCUT2D eigenvalue weighted by atomic mass is 9.81. The number of anilines is 3. The van der Waals surface area contributed by atoms with Crippen LogP contribution in [-0.2, 0) is 10.8 Å². The van der Waals surface area contributed by atoms with Crippen molar-refractivity contribution in [2.45, 2.75) is 38.4 Å². The fraction of sp³-hybridized carbons (Fsp3) is 0.103. The quantitative estimate of drug-likeness (QED) is 0.162. The van der Waals surface area contributed by atoms with Gasteiger partial charge in [0.1, 0.15) is 0 Å². The molecule has 0 bridgehead atoms. The largest absolute Gasteiger partial charge is 0.310 e. The summed E-state index contributed by atoms with van der Waals surface area (Å²) in [5.74, 6) is 0. The predicted molar refractivity (Wildman–Crippen MR) is 250 cm³/mol. The molecule has 0 heterocycles. The molecule has 0 amide bonds. The van der Waals surface area contributed by atoms with Gasteiger partial charge in [-0.3, -0.25) is 0 Å². The van der Waals surface area contributed by atoms with Crippen LogP contribution in [0.4, 0.5) is 17.1 Å². The molecular formula is C58H45N. The van der Waals surface area contributed by atoms with Crippen molar-refractivity contribution in [2.24, 2.45) is 0 Å². The first kappa shape index (κ1) is 18.7. The van der Waals surface area contributed by atoms with E-state index in [4.69, 9.17) is 17.8 Å². The summed E-state index contributed by atoms with van der Waals surface area (Å²) < 4.78 is 213. The van der Waals surface area contributed by atoms with Gasteiger partial charge in [-0.15, -0.1) is 0 Å². The van der Waals surface area contributed by atoms with E-state index in [0.29, 0.717) is 11.4 Å². The number of hydrogen-bond donors (Lipinski definition) is 0. The Kier molecular flexibility index (Phi) is 4.22. The first-order chi connectivity index (χ1) is 38.4. The fourth-order valence-electron chi connectivity index (χ4n) is 8.46. The minimum atomic E-state index is -3.86. The van der Waals surface area contributed by atoms with Gasteiger partial charge in [-0.05, 0) is 131 Å². The summed E-state index contributed by atoms with van der Waals surface area (Å²) in [5.41, 5.74) is -5.28. The van der Waals surface area contributed by atoms with Crippen molar-refractivity contribution in [1.82, 2.24) is 0 Å². The third kappa shape index (κ3) is 5.53. The van der Waals surface area contributed by atoms with Gasteiger partial charge in [0.2, 0.25) is 0 Å². The molecule has 0 aromatic heterocycles. The molecule has 0 spiro atoms. The maximum absolute atomic E-state index is 10.1. The molecule has 9 aromatic carbocycles. The fourth-order valence-corrected chi connectivity index (χ4v) is 8.46. The second kappa shape index (κ2) is 13.3. The Bertz CT molecular complexity index is 4250. The molecule has 0 aliphatic heterocycles. The minimum absolute atomic E-state index is 0.312. The van der Waals surface area contributed by atoms with E-state index in [-0.39, 0.29) is 5.69 Å². The van der Waals surface area contributed by atoms with Crippen LogP contribution in [0.25, 0.3) is 66.4 Å². The molecule has 0 atom stereocenters. The lowest BCUT2D eigenvalue weighted by molar-refractivity contribution is 0.660. The van der Waals surface area contributed by atoms with Crippen LogP contribution in [0.2, 0.25) is 0 Å². The number of fused-ring (bicyclic) bond motifs is 7. The Morgan fingerprint density at radius 1 is 0.424 bits per heavy atom. The predicted octanol–water partition coefficient (Wildman–Crippen LogP) is 15.9. The standard InChI is InChI=1S/C58H45N/c1-57(2)52-20-12-10-18-48(52)50-34-27-42(36-54(50)57)56-46-17-9-8-16-40(46)26-33-47(56)41-24-30-44(31-25-41)59(43-28-22-39(23-29-43)38-14-6-5-7-15-38)45-32-35-51-49-19-11-13-21-53(49)58(3,4)55(51)37-45/h5-37H,1-4H3/i1D3,2D3,8D,9D,10D,12D,16D,17D,18D,20D,24D,25D,26D,27D,30D,31D,33D,34D,36D. The van der Waals surface area contributed by atoms with Crippen molar-refractivity contribution in [3.05, 3.63) is 222 Å². The zero-order chi connectivity index (χ0) is 59.7. The maximum atomic E-state index is 10.1. The molecule has 9 aromatic rings. The van der Waals surface area contributed by atoms with Crippen LogP contribution in [0.3, 0.4) is 0 Å². The van der Waals surface area contributed by atoms with Gasteiger partial charge in [0, 0.05) is 36.1 Å². The Balaban J connectivity index is 1.27. The Morgan fingerprint density at radius 3 is 1.92 bits per heavy atom. The Hall–Kier alpha value is -6.96. The molecule has 2 aliphatic rings. The topological polar surface area (TPSA) is 3.24 Å². The number of benzene rings is 9. The highest BCUT2D eigenvalue weighted by molar-refractivity contribution is 6.05. The third-order valence-corrected chi connectivity index (χ3v) is 11.4. The molecule has 59 heavy (non-hydrogen) atoms. The molecule has 0 saturated carbocycles. The summed E-state index contributed by atoms with van der Waals surface area (Å²) >= 11 is 0. The van der Waals surface area contributed by atoms with E-state index in [1.54, 1.807) is 18.2 Å². The molecule has 2 aliphatic carbocycles. The summed E-state index contributed by atoms with van der Waals surface area (Å²) in [4.78, 5) is 1.54. The van der Waals surface area contributed by atoms with Crippen molar-refractivity contribution in [3.8, 4) is 55.6 Å². The van der Waals surface area contributed by atoms with Crippen LogP contribution in [0, 0.1) is 0 Å². The van der Waals surface area contributed by atoms with Gasteiger partial charge in [0.05, 0.1) is 23.3 Å². The second-order valence-electron chi connectivity index (χ2n) is 15.1. The SMILES string of the molecule is [2H]c1c([2H])c([2H])c2c(c1[2H])-c1c([2H])c([2H])c(-c3c(-c4c([2H])c([2H])c(N(c5ccc(-c6ccccc6)cc5)c5ccc6c(c5)C(C)(C)c5ccccc5-6)c([2H])c4[2H])c([2H])c([2H])c4c([2H])c([2H])c([2H])c([2H])c34)c([2H])c1C2(C([2H])([2H])[2H])C([2H])([2H])[2H]. The van der Waals surface area contributed by atoms with Gasteiger partial charge in [0.15, 0.2) is 0 Å². The molecule has 0 N–H and O–H groups in total. The van der Waals surface area contributed by atoms with Crippen molar-refractivity contribution < 1.29 is 31.5 Å². The van der Waals surface area contributed by atoms with E-state index in [0.717, 1.165) is 33.4 Å². The van der Waals surface area contributed by atoms with Crippen LogP contribution >= 0.6 is 0 Å². The normalized spacial score (nSPS) is 20.0. The van der Waals surface area contributed by atoms with Crippen molar-refractivity contribution in [3.63, 3.8) is 0 Å². The van der Waals surface area contributed by atoms with Crippen LogP contribution in [-0.4, -0.2) is 0 Å². The Morgan fingerprint density at radius 2 is 1.08 bits per heavy atom. The molecule has 0 fully saturated rings. The molecule has 1 nitrogen and oxygen atoms in total. The highest BCUT2D eigenvalue weighted by Gasteiger charge is 2.37. The summed E-state index contributed by atoms with van der Waals surface area (Å²) in [6, 6.07) is 13.6.